The maximum Gasteiger partial charge on any atom is 0.190 e. The number of fused-ring (bicyclic) bond motifs is 1. The second kappa shape index (κ2) is 7.21. The summed E-state index contributed by atoms with van der Waals surface area (Å²) in [6.07, 6.45) is -1.16. The Labute approximate surface area is 131 Å². The Morgan fingerprint density at radius 1 is 1.41 bits per heavy atom. The van der Waals surface area contributed by atoms with Gasteiger partial charge in [0.1, 0.15) is 24.4 Å². The SMILES string of the molecule is C=CCOC[C@@H](O)[C@H]1O[C@@H]2OC(C)(C)O[C@@H]2[C@H]1OCC(=C)C. The summed E-state index contributed by atoms with van der Waals surface area (Å²) in [4.78, 5) is 0. The van der Waals surface area contributed by atoms with Crippen LogP contribution in [-0.2, 0) is 23.7 Å². The van der Waals surface area contributed by atoms with Crippen molar-refractivity contribution in [3.05, 3.63) is 24.8 Å². The summed E-state index contributed by atoms with van der Waals surface area (Å²) >= 11 is 0. The van der Waals surface area contributed by atoms with Crippen LogP contribution < -0.4 is 0 Å². The van der Waals surface area contributed by atoms with E-state index >= 15 is 0 Å². The molecule has 0 spiro atoms. The Morgan fingerprint density at radius 3 is 2.77 bits per heavy atom. The molecule has 0 saturated carbocycles. The van der Waals surface area contributed by atoms with Gasteiger partial charge in [0.05, 0.1) is 19.8 Å². The van der Waals surface area contributed by atoms with E-state index in [0.717, 1.165) is 5.57 Å². The second-order valence-electron chi connectivity index (χ2n) is 6.20. The first-order chi connectivity index (χ1) is 10.3. The molecule has 22 heavy (non-hydrogen) atoms. The standard InChI is InChI=1S/C16H26O6/c1-6-7-18-9-11(17)12-13(19-8-10(2)3)14-15(20-12)22-16(4,5)21-14/h6,11-15,17H,1-2,7-9H2,3-5H3/t11-,12-,13+,14-,15-/m1/s1. The van der Waals surface area contributed by atoms with Crippen LogP contribution in [0.2, 0.25) is 0 Å². The highest BCUT2D eigenvalue weighted by Gasteiger charge is 2.57. The van der Waals surface area contributed by atoms with Gasteiger partial charge >= 0.3 is 0 Å². The first kappa shape index (κ1) is 17.6. The Hall–Kier alpha value is -0.760. The lowest BCUT2D eigenvalue weighted by atomic mass is 10.1. The summed E-state index contributed by atoms with van der Waals surface area (Å²) in [6.45, 7) is 13.8. The molecule has 126 valence electrons. The summed E-state index contributed by atoms with van der Waals surface area (Å²) < 4.78 is 28.5. The molecule has 0 aliphatic carbocycles. The molecule has 2 fully saturated rings. The molecule has 2 aliphatic rings. The van der Waals surface area contributed by atoms with E-state index in [-0.39, 0.29) is 12.7 Å². The summed E-state index contributed by atoms with van der Waals surface area (Å²) in [7, 11) is 0. The number of hydrogen-bond acceptors (Lipinski definition) is 6. The second-order valence-corrected chi connectivity index (χ2v) is 6.20. The van der Waals surface area contributed by atoms with Crippen LogP contribution in [-0.4, -0.2) is 61.4 Å². The lowest BCUT2D eigenvalue weighted by Gasteiger charge is -2.28. The summed E-state index contributed by atoms with van der Waals surface area (Å²) in [6, 6.07) is 0. The molecular formula is C16H26O6. The van der Waals surface area contributed by atoms with Crippen LogP contribution in [0.3, 0.4) is 0 Å². The molecule has 5 atom stereocenters. The zero-order chi connectivity index (χ0) is 16.3. The first-order valence-corrected chi connectivity index (χ1v) is 7.48. The zero-order valence-corrected chi connectivity index (χ0v) is 13.5. The highest BCUT2D eigenvalue weighted by molar-refractivity contribution is 4.98. The average molecular weight is 314 g/mol. The number of rotatable bonds is 8. The van der Waals surface area contributed by atoms with Crippen LogP contribution in [0.1, 0.15) is 20.8 Å². The largest absolute Gasteiger partial charge is 0.388 e. The molecule has 2 aliphatic heterocycles. The van der Waals surface area contributed by atoms with Crippen LogP contribution in [0, 0.1) is 0 Å². The average Bonchev–Trinajstić information content (AvgIpc) is 2.88. The van der Waals surface area contributed by atoms with Gasteiger partial charge in [0.15, 0.2) is 12.1 Å². The maximum atomic E-state index is 10.3. The predicted octanol–water partition coefficient (Wildman–Crippen LogP) is 1.39. The van der Waals surface area contributed by atoms with Gasteiger partial charge in [-0.3, -0.25) is 0 Å². The smallest absolute Gasteiger partial charge is 0.190 e. The van der Waals surface area contributed by atoms with E-state index in [2.05, 4.69) is 13.2 Å². The molecule has 0 unspecified atom stereocenters. The monoisotopic (exact) mass is 314 g/mol. The molecule has 0 bridgehead atoms. The van der Waals surface area contributed by atoms with E-state index < -0.39 is 30.4 Å². The van der Waals surface area contributed by atoms with Gasteiger partial charge in [-0.2, -0.15) is 0 Å². The molecule has 0 radical (unpaired) electrons. The van der Waals surface area contributed by atoms with Crippen LogP contribution >= 0.6 is 0 Å². The third kappa shape index (κ3) is 4.16. The van der Waals surface area contributed by atoms with E-state index in [1.807, 2.05) is 20.8 Å². The van der Waals surface area contributed by atoms with Crippen molar-refractivity contribution in [2.24, 2.45) is 0 Å². The molecule has 2 heterocycles. The molecule has 6 heteroatoms. The minimum atomic E-state index is -0.837. The van der Waals surface area contributed by atoms with Crippen LogP contribution in [0.15, 0.2) is 24.8 Å². The summed E-state index contributed by atoms with van der Waals surface area (Å²) in [5, 5.41) is 10.3. The van der Waals surface area contributed by atoms with Crippen molar-refractivity contribution in [3.8, 4) is 0 Å². The number of aliphatic hydroxyl groups is 1. The number of ether oxygens (including phenoxy) is 5. The van der Waals surface area contributed by atoms with Crippen molar-refractivity contribution < 1.29 is 28.8 Å². The van der Waals surface area contributed by atoms with Crippen LogP contribution in [0.4, 0.5) is 0 Å². The fourth-order valence-electron chi connectivity index (χ4n) is 2.61. The van der Waals surface area contributed by atoms with E-state index in [0.29, 0.717) is 13.2 Å². The quantitative estimate of drug-likeness (QED) is 0.539. The molecule has 0 aromatic carbocycles. The van der Waals surface area contributed by atoms with Crippen molar-refractivity contribution in [1.82, 2.24) is 0 Å². The summed E-state index contributed by atoms with van der Waals surface area (Å²) in [5.74, 6) is -0.727. The van der Waals surface area contributed by atoms with Gasteiger partial charge < -0.3 is 28.8 Å². The topological polar surface area (TPSA) is 66.4 Å². The Balaban J connectivity index is 2.01. The normalized spacial score (nSPS) is 34.4. The maximum absolute atomic E-state index is 10.3. The predicted molar refractivity (Wildman–Crippen MR) is 80.3 cm³/mol. The lowest BCUT2D eigenvalue weighted by molar-refractivity contribution is -0.231. The Bertz CT molecular complexity index is 407. The van der Waals surface area contributed by atoms with Gasteiger partial charge in [-0.05, 0) is 20.8 Å². The Morgan fingerprint density at radius 2 is 2.14 bits per heavy atom. The van der Waals surface area contributed by atoms with Gasteiger partial charge in [-0.25, -0.2) is 0 Å². The van der Waals surface area contributed by atoms with E-state index in [1.165, 1.54) is 0 Å². The number of hydrogen-bond donors (Lipinski definition) is 1. The molecule has 0 aromatic rings. The molecule has 0 aromatic heterocycles. The van der Waals surface area contributed by atoms with Crippen molar-refractivity contribution in [3.63, 3.8) is 0 Å². The van der Waals surface area contributed by atoms with Crippen molar-refractivity contribution in [2.45, 2.75) is 57.3 Å². The fourth-order valence-corrected chi connectivity index (χ4v) is 2.61. The van der Waals surface area contributed by atoms with E-state index in [9.17, 15) is 5.11 Å². The molecule has 2 rings (SSSR count). The third-order valence-corrected chi connectivity index (χ3v) is 3.45. The van der Waals surface area contributed by atoms with Gasteiger partial charge in [0.2, 0.25) is 0 Å². The van der Waals surface area contributed by atoms with Gasteiger partial charge in [0, 0.05) is 0 Å². The van der Waals surface area contributed by atoms with Gasteiger partial charge in [0.25, 0.3) is 0 Å². The molecule has 0 amide bonds. The van der Waals surface area contributed by atoms with Gasteiger partial charge in [-0.1, -0.05) is 18.2 Å². The zero-order valence-electron chi connectivity index (χ0n) is 13.5. The van der Waals surface area contributed by atoms with Crippen molar-refractivity contribution >= 4 is 0 Å². The summed E-state index contributed by atoms with van der Waals surface area (Å²) in [5.41, 5.74) is 0.887. The van der Waals surface area contributed by atoms with Crippen molar-refractivity contribution in [2.75, 3.05) is 19.8 Å². The molecule has 2 saturated heterocycles. The van der Waals surface area contributed by atoms with E-state index in [4.69, 9.17) is 23.7 Å². The first-order valence-electron chi connectivity index (χ1n) is 7.48. The highest BCUT2D eigenvalue weighted by Crippen LogP contribution is 2.39. The minimum absolute atomic E-state index is 0.131. The van der Waals surface area contributed by atoms with Crippen LogP contribution in [0.25, 0.3) is 0 Å². The van der Waals surface area contributed by atoms with Crippen LogP contribution in [0.5, 0.6) is 0 Å². The lowest BCUT2D eigenvalue weighted by Crippen LogP contribution is -2.44. The van der Waals surface area contributed by atoms with Gasteiger partial charge in [-0.15, -0.1) is 6.58 Å². The van der Waals surface area contributed by atoms with E-state index in [1.54, 1.807) is 6.08 Å². The molecule has 6 nitrogen and oxygen atoms in total. The third-order valence-electron chi connectivity index (χ3n) is 3.45. The highest BCUT2D eigenvalue weighted by atomic mass is 16.8. The minimum Gasteiger partial charge on any atom is -0.388 e. The molecule has 1 N–H and O–H groups in total. The fraction of sp³-hybridized carbons (Fsp3) is 0.750. The molecular weight excluding hydrogens is 288 g/mol. The Kier molecular flexibility index (Phi) is 5.76. The van der Waals surface area contributed by atoms with Crippen molar-refractivity contribution in [1.29, 1.82) is 0 Å². The number of aliphatic hydroxyl groups excluding tert-OH is 1.